The number of nitrogens with zero attached hydrogens (tertiary/aromatic N) is 1. The predicted molar refractivity (Wildman–Crippen MR) is 68.2 cm³/mol. The first-order chi connectivity index (χ1) is 8.16. The van der Waals surface area contributed by atoms with E-state index in [1.54, 1.807) is 0 Å². The van der Waals surface area contributed by atoms with E-state index < -0.39 is 0 Å². The van der Waals surface area contributed by atoms with E-state index in [2.05, 4.69) is 0 Å². The molecular formula is C14H16N2O. The molecule has 1 aromatic carbocycles. The second kappa shape index (κ2) is 4.87. The topological polar surface area (TPSA) is 40.2 Å². The minimum atomic E-state index is 0.500. The molecule has 0 amide bonds. The van der Waals surface area contributed by atoms with E-state index in [1.165, 1.54) is 0 Å². The molecule has 3 heteroatoms. The molecule has 0 atom stereocenters. The van der Waals surface area contributed by atoms with Crippen LogP contribution in [0.3, 0.4) is 0 Å². The van der Waals surface area contributed by atoms with Crippen molar-refractivity contribution in [2.45, 2.75) is 13.5 Å². The Bertz CT molecular complexity index is 502. The predicted octanol–water partition coefficient (Wildman–Crippen LogP) is 3.05. The highest BCUT2D eigenvalue weighted by Gasteiger charge is 2.09. The third-order valence-electron chi connectivity index (χ3n) is 2.62. The summed E-state index contributed by atoms with van der Waals surface area (Å²) in [6, 6.07) is 13.6. The Labute approximate surface area is 101 Å². The molecule has 3 nitrogen and oxygen atoms in total. The molecule has 0 fully saturated rings. The van der Waals surface area contributed by atoms with Crippen molar-refractivity contribution in [3.63, 3.8) is 0 Å². The van der Waals surface area contributed by atoms with Gasteiger partial charge >= 0.3 is 0 Å². The molecule has 0 saturated carbocycles. The van der Waals surface area contributed by atoms with Gasteiger partial charge in [0.2, 0.25) is 0 Å². The van der Waals surface area contributed by atoms with Crippen LogP contribution in [0.15, 0.2) is 46.9 Å². The van der Waals surface area contributed by atoms with Crippen LogP contribution < -0.4 is 0 Å². The van der Waals surface area contributed by atoms with Crippen LogP contribution in [-0.2, 0) is 6.54 Å². The summed E-state index contributed by atoms with van der Waals surface area (Å²) in [6.45, 7) is 2.54. The number of hydrogen-bond acceptors (Lipinski definition) is 2. The van der Waals surface area contributed by atoms with E-state index in [4.69, 9.17) is 9.83 Å². The smallest absolute Gasteiger partial charge is 0.128 e. The lowest BCUT2D eigenvalue weighted by Crippen LogP contribution is -2.25. The Morgan fingerprint density at radius 2 is 1.88 bits per heavy atom. The van der Waals surface area contributed by atoms with Crippen molar-refractivity contribution in [2.24, 2.45) is 0 Å². The van der Waals surface area contributed by atoms with Crippen molar-refractivity contribution in [2.75, 3.05) is 7.05 Å². The fraction of sp³-hybridized carbons (Fsp3) is 0.214. The van der Waals surface area contributed by atoms with Gasteiger partial charge in [-0.05, 0) is 19.1 Å². The van der Waals surface area contributed by atoms with Crippen LogP contribution in [-0.4, -0.2) is 17.8 Å². The zero-order chi connectivity index (χ0) is 12.3. The van der Waals surface area contributed by atoms with Crippen LogP contribution >= 0.6 is 0 Å². The highest BCUT2D eigenvalue weighted by molar-refractivity contribution is 5.96. The molecule has 0 bridgehead atoms. The van der Waals surface area contributed by atoms with Crippen LogP contribution in [0.1, 0.15) is 17.1 Å². The first-order valence-corrected chi connectivity index (χ1v) is 5.57. The van der Waals surface area contributed by atoms with Gasteiger partial charge in [0.1, 0.15) is 17.4 Å². The van der Waals surface area contributed by atoms with E-state index in [0.29, 0.717) is 12.4 Å². The van der Waals surface area contributed by atoms with Crippen LogP contribution in [0.25, 0.3) is 0 Å². The SMILES string of the molecule is Cc1ccc(CN(C)C(=N)c2ccccc2)o1. The number of amidine groups is 1. The largest absolute Gasteiger partial charge is 0.464 e. The van der Waals surface area contributed by atoms with Gasteiger partial charge in [0, 0.05) is 12.6 Å². The van der Waals surface area contributed by atoms with Gasteiger partial charge in [-0.3, -0.25) is 5.41 Å². The molecule has 0 aliphatic heterocycles. The second-order valence-corrected chi connectivity index (χ2v) is 4.08. The van der Waals surface area contributed by atoms with Crippen molar-refractivity contribution in [1.29, 1.82) is 5.41 Å². The summed E-state index contributed by atoms with van der Waals surface area (Å²) < 4.78 is 5.50. The minimum Gasteiger partial charge on any atom is -0.464 e. The highest BCUT2D eigenvalue weighted by atomic mass is 16.3. The summed E-state index contributed by atoms with van der Waals surface area (Å²) >= 11 is 0. The van der Waals surface area contributed by atoms with Crippen molar-refractivity contribution in [1.82, 2.24) is 4.90 Å². The van der Waals surface area contributed by atoms with Crippen molar-refractivity contribution >= 4 is 5.84 Å². The molecule has 1 aromatic heterocycles. The van der Waals surface area contributed by atoms with E-state index in [1.807, 2.05) is 61.3 Å². The third kappa shape index (κ3) is 2.75. The maximum absolute atomic E-state index is 8.08. The lowest BCUT2D eigenvalue weighted by molar-refractivity contribution is 0.399. The number of hydrogen-bond donors (Lipinski definition) is 1. The monoisotopic (exact) mass is 228 g/mol. The summed E-state index contributed by atoms with van der Waals surface area (Å²) in [7, 11) is 1.90. The van der Waals surface area contributed by atoms with Crippen molar-refractivity contribution in [3.05, 3.63) is 59.5 Å². The maximum atomic E-state index is 8.08. The average Bonchev–Trinajstić information content (AvgIpc) is 2.75. The van der Waals surface area contributed by atoms with Gasteiger partial charge in [-0.2, -0.15) is 0 Å². The van der Waals surface area contributed by atoms with Gasteiger partial charge in [0.05, 0.1) is 6.54 Å². The summed E-state index contributed by atoms with van der Waals surface area (Å²) in [4.78, 5) is 1.87. The Hall–Kier alpha value is -2.03. The molecule has 17 heavy (non-hydrogen) atoms. The maximum Gasteiger partial charge on any atom is 0.128 e. The number of rotatable bonds is 3. The van der Waals surface area contributed by atoms with Gasteiger partial charge in [-0.1, -0.05) is 30.3 Å². The van der Waals surface area contributed by atoms with Crippen molar-refractivity contribution in [3.8, 4) is 0 Å². The summed E-state index contributed by atoms with van der Waals surface area (Å²) in [5.41, 5.74) is 0.915. The van der Waals surface area contributed by atoms with Gasteiger partial charge in [0.15, 0.2) is 0 Å². The standard InChI is InChI=1S/C14H16N2O/c1-11-8-9-13(17-11)10-16(2)14(15)12-6-4-3-5-7-12/h3-9,15H,10H2,1-2H3. The molecule has 0 aliphatic carbocycles. The van der Waals surface area contributed by atoms with Crippen LogP contribution in [0.5, 0.6) is 0 Å². The first kappa shape index (κ1) is 11.5. The fourth-order valence-electron chi connectivity index (χ4n) is 1.70. The molecule has 1 heterocycles. The molecule has 0 saturated heterocycles. The van der Waals surface area contributed by atoms with Crippen LogP contribution in [0.2, 0.25) is 0 Å². The quantitative estimate of drug-likeness (QED) is 0.648. The van der Waals surface area contributed by atoms with Gasteiger partial charge in [-0.15, -0.1) is 0 Å². The normalized spacial score (nSPS) is 10.2. The summed E-state index contributed by atoms with van der Waals surface area (Å²) in [5, 5.41) is 8.08. The number of aryl methyl sites for hydroxylation is 1. The second-order valence-electron chi connectivity index (χ2n) is 4.08. The first-order valence-electron chi connectivity index (χ1n) is 5.57. The van der Waals surface area contributed by atoms with Gasteiger partial charge < -0.3 is 9.32 Å². The zero-order valence-corrected chi connectivity index (χ0v) is 10.1. The zero-order valence-electron chi connectivity index (χ0n) is 10.1. The fourth-order valence-corrected chi connectivity index (χ4v) is 1.70. The third-order valence-corrected chi connectivity index (χ3v) is 2.62. The average molecular weight is 228 g/mol. The molecule has 0 spiro atoms. The Kier molecular flexibility index (Phi) is 3.28. The summed E-state index contributed by atoms with van der Waals surface area (Å²) in [5.74, 6) is 2.28. The Morgan fingerprint density at radius 3 is 2.47 bits per heavy atom. The number of nitrogens with one attached hydrogen (secondary N) is 1. The molecule has 0 aliphatic rings. The molecule has 2 rings (SSSR count). The molecule has 2 aromatic rings. The van der Waals surface area contributed by atoms with Gasteiger partial charge in [0.25, 0.3) is 0 Å². The molecular weight excluding hydrogens is 212 g/mol. The highest BCUT2D eigenvalue weighted by Crippen LogP contribution is 2.11. The van der Waals surface area contributed by atoms with Gasteiger partial charge in [-0.25, -0.2) is 0 Å². The van der Waals surface area contributed by atoms with Crippen LogP contribution in [0.4, 0.5) is 0 Å². The summed E-state index contributed by atoms with van der Waals surface area (Å²) in [6.07, 6.45) is 0. The van der Waals surface area contributed by atoms with E-state index in [9.17, 15) is 0 Å². The minimum absolute atomic E-state index is 0.500. The van der Waals surface area contributed by atoms with E-state index in [0.717, 1.165) is 17.1 Å². The Morgan fingerprint density at radius 1 is 1.18 bits per heavy atom. The number of furan rings is 1. The van der Waals surface area contributed by atoms with E-state index in [-0.39, 0.29) is 0 Å². The lowest BCUT2D eigenvalue weighted by atomic mass is 10.2. The molecule has 1 N–H and O–H groups in total. The lowest BCUT2D eigenvalue weighted by Gasteiger charge is -2.18. The number of benzene rings is 1. The van der Waals surface area contributed by atoms with E-state index >= 15 is 0 Å². The molecule has 0 radical (unpaired) electrons. The molecule has 88 valence electrons. The van der Waals surface area contributed by atoms with Crippen molar-refractivity contribution < 1.29 is 4.42 Å². The molecule has 0 unspecified atom stereocenters. The Balaban J connectivity index is 2.06. The van der Waals surface area contributed by atoms with Crippen LogP contribution in [0, 0.1) is 12.3 Å².